The second-order valence-corrected chi connectivity index (χ2v) is 5.74. The van der Waals surface area contributed by atoms with Crippen molar-refractivity contribution >= 4 is 6.03 Å². The zero-order valence-corrected chi connectivity index (χ0v) is 13.2. The average Bonchev–Trinajstić information content (AvgIpc) is 2.61. The molecule has 4 heteroatoms. The number of carbonyl (C=O) groups is 1. The minimum absolute atomic E-state index is 0.129. The molecule has 0 radical (unpaired) electrons. The molecule has 1 aliphatic heterocycles. The molecule has 0 fully saturated rings. The van der Waals surface area contributed by atoms with Crippen molar-refractivity contribution in [2.24, 2.45) is 0 Å². The predicted octanol–water partition coefficient (Wildman–Crippen LogP) is 3.05. The molecular weight excluding hydrogens is 288 g/mol. The van der Waals surface area contributed by atoms with E-state index in [0.29, 0.717) is 13.1 Å². The molecule has 0 saturated heterocycles. The number of hydrogen-bond donors (Lipinski definition) is 2. The molecule has 2 aromatic carbocycles. The van der Waals surface area contributed by atoms with Gasteiger partial charge in [-0.15, -0.1) is 0 Å². The summed E-state index contributed by atoms with van der Waals surface area (Å²) in [6, 6.07) is 16.1. The number of aryl methyl sites for hydroxylation is 1. The van der Waals surface area contributed by atoms with Crippen molar-refractivity contribution in [1.29, 1.82) is 0 Å². The maximum atomic E-state index is 11.8. The van der Waals surface area contributed by atoms with Crippen LogP contribution in [0.4, 0.5) is 4.79 Å². The predicted molar refractivity (Wildman–Crippen MR) is 90.6 cm³/mol. The monoisotopic (exact) mass is 310 g/mol. The van der Waals surface area contributed by atoms with Gasteiger partial charge in [0.15, 0.2) is 0 Å². The number of carbonyl (C=O) groups excluding carboxylic acids is 1. The van der Waals surface area contributed by atoms with Crippen LogP contribution in [-0.4, -0.2) is 19.2 Å². The summed E-state index contributed by atoms with van der Waals surface area (Å²) >= 11 is 0. The van der Waals surface area contributed by atoms with Gasteiger partial charge in [-0.05, 0) is 42.0 Å². The Morgan fingerprint density at radius 2 is 1.91 bits per heavy atom. The van der Waals surface area contributed by atoms with Crippen molar-refractivity contribution in [3.8, 4) is 5.75 Å². The van der Waals surface area contributed by atoms with Gasteiger partial charge >= 0.3 is 6.03 Å². The van der Waals surface area contributed by atoms with E-state index in [1.54, 1.807) is 0 Å². The van der Waals surface area contributed by atoms with Crippen LogP contribution in [0.15, 0.2) is 48.5 Å². The largest absolute Gasteiger partial charge is 0.493 e. The maximum Gasteiger partial charge on any atom is 0.315 e. The van der Waals surface area contributed by atoms with Crippen molar-refractivity contribution in [3.63, 3.8) is 0 Å². The van der Waals surface area contributed by atoms with Gasteiger partial charge in [0.1, 0.15) is 5.75 Å². The number of fused-ring (bicyclic) bond motifs is 1. The van der Waals surface area contributed by atoms with E-state index in [-0.39, 0.29) is 6.03 Å². The lowest BCUT2D eigenvalue weighted by atomic mass is 10.0. The van der Waals surface area contributed by atoms with E-state index in [1.165, 1.54) is 11.1 Å². The molecule has 0 atom stereocenters. The topological polar surface area (TPSA) is 50.4 Å². The quantitative estimate of drug-likeness (QED) is 0.892. The van der Waals surface area contributed by atoms with E-state index >= 15 is 0 Å². The molecule has 0 bridgehead atoms. The maximum absolute atomic E-state index is 11.8. The number of nitrogens with one attached hydrogen (secondary N) is 2. The number of hydrogen-bond acceptors (Lipinski definition) is 2. The van der Waals surface area contributed by atoms with Crippen LogP contribution >= 0.6 is 0 Å². The summed E-state index contributed by atoms with van der Waals surface area (Å²) in [5, 5.41) is 5.77. The molecule has 0 aliphatic carbocycles. The van der Waals surface area contributed by atoms with Crippen LogP contribution in [-0.2, 0) is 19.4 Å². The summed E-state index contributed by atoms with van der Waals surface area (Å²) < 4.78 is 5.62. The molecule has 1 aliphatic rings. The van der Waals surface area contributed by atoms with Crippen LogP contribution in [0, 0.1) is 0 Å². The van der Waals surface area contributed by atoms with Crippen molar-refractivity contribution in [1.82, 2.24) is 10.6 Å². The Balaban J connectivity index is 1.41. The van der Waals surface area contributed by atoms with Crippen molar-refractivity contribution < 1.29 is 9.53 Å². The molecule has 2 amide bonds. The summed E-state index contributed by atoms with van der Waals surface area (Å²) in [5.41, 5.74) is 3.61. The first-order valence-corrected chi connectivity index (χ1v) is 8.11. The van der Waals surface area contributed by atoms with Crippen molar-refractivity contribution in [2.75, 3.05) is 13.2 Å². The standard InChI is InChI=1S/C19H22N2O2/c22-19(21-14-16-5-2-1-3-6-16)20-11-10-15-8-9-18-17(13-15)7-4-12-23-18/h1-3,5-6,8-9,13H,4,7,10-12,14H2,(H2,20,21,22). The summed E-state index contributed by atoms with van der Waals surface area (Å²) in [4.78, 5) is 11.8. The van der Waals surface area contributed by atoms with Crippen LogP contribution in [0.3, 0.4) is 0 Å². The first-order valence-electron chi connectivity index (χ1n) is 8.11. The summed E-state index contributed by atoms with van der Waals surface area (Å²) in [5.74, 6) is 1.01. The molecule has 0 saturated carbocycles. The Morgan fingerprint density at radius 3 is 2.78 bits per heavy atom. The molecule has 4 nitrogen and oxygen atoms in total. The lowest BCUT2D eigenvalue weighted by Gasteiger charge is -2.18. The van der Waals surface area contributed by atoms with Gasteiger partial charge in [0.05, 0.1) is 6.61 Å². The molecule has 0 aromatic heterocycles. The van der Waals surface area contributed by atoms with Gasteiger partial charge in [0.25, 0.3) is 0 Å². The number of rotatable bonds is 5. The average molecular weight is 310 g/mol. The molecule has 1 heterocycles. The highest BCUT2D eigenvalue weighted by Gasteiger charge is 2.10. The minimum atomic E-state index is -0.129. The van der Waals surface area contributed by atoms with E-state index < -0.39 is 0 Å². The van der Waals surface area contributed by atoms with Crippen LogP contribution in [0.2, 0.25) is 0 Å². The molecule has 23 heavy (non-hydrogen) atoms. The van der Waals surface area contributed by atoms with Crippen molar-refractivity contribution in [3.05, 3.63) is 65.2 Å². The number of amides is 2. The van der Waals surface area contributed by atoms with E-state index in [4.69, 9.17) is 4.74 Å². The van der Waals surface area contributed by atoms with Crippen LogP contribution in [0.5, 0.6) is 5.75 Å². The Bertz CT molecular complexity index is 656. The van der Waals surface area contributed by atoms with Crippen LogP contribution in [0.25, 0.3) is 0 Å². The second kappa shape index (κ2) is 7.68. The van der Waals surface area contributed by atoms with Gasteiger partial charge in [-0.25, -0.2) is 4.79 Å². The summed E-state index contributed by atoms with van der Waals surface area (Å²) in [6.07, 6.45) is 2.98. The van der Waals surface area contributed by atoms with E-state index in [1.807, 2.05) is 36.4 Å². The molecular formula is C19H22N2O2. The van der Waals surface area contributed by atoms with Crippen LogP contribution < -0.4 is 15.4 Å². The summed E-state index contributed by atoms with van der Waals surface area (Å²) in [6.45, 7) is 1.98. The Labute approximate surface area is 136 Å². The first-order chi connectivity index (χ1) is 11.3. The fraction of sp³-hybridized carbons (Fsp3) is 0.316. The molecule has 2 aromatic rings. The molecule has 3 rings (SSSR count). The SMILES string of the molecule is O=C(NCCc1ccc2c(c1)CCCO2)NCc1ccccc1. The third kappa shape index (κ3) is 4.49. The number of benzene rings is 2. The minimum Gasteiger partial charge on any atom is -0.493 e. The molecule has 0 unspecified atom stereocenters. The first kappa shape index (κ1) is 15.4. The van der Waals surface area contributed by atoms with E-state index in [9.17, 15) is 4.79 Å². The zero-order valence-electron chi connectivity index (χ0n) is 13.2. The Hall–Kier alpha value is -2.49. The second-order valence-electron chi connectivity index (χ2n) is 5.74. The Morgan fingerprint density at radius 1 is 1.04 bits per heavy atom. The van der Waals surface area contributed by atoms with Gasteiger partial charge in [-0.3, -0.25) is 0 Å². The number of ether oxygens (including phenoxy) is 1. The lowest BCUT2D eigenvalue weighted by Crippen LogP contribution is -2.36. The fourth-order valence-corrected chi connectivity index (χ4v) is 2.73. The molecule has 0 spiro atoms. The Kier molecular flexibility index (Phi) is 5.14. The number of urea groups is 1. The van der Waals surface area contributed by atoms with E-state index in [0.717, 1.165) is 37.2 Å². The van der Waals surface area contributed by atoms with Gasteiger partial charge < -0.3 is 15.4 Å². The van der Waals surface area contributed by atoms with Gasteiger partial charge in [-0.2, -0.15) is 0 Å². The summed E-state index contributed by atoms with van der Waals surface area (Å²) in [7, 11) is 0. The fourth-order valence-electron chi connectivity index (χ4n) is 2.73. The third-order valence-electron chi connectivity index (χ3n) is 3.97. The normalized spacial score (nSPS) is 12.9. The van der Waals surface area contributed by atoms with Gasteiger partial charge in [-0.1, -0.05) is 42.5 Å². The highest BCUT2D eigenvalue weighted by Crippen LogP contribution is 2.25. The molecule has 120 valence electrons. The van der Waals surface area contributed by atoms with Gasteiger partial charge in [0.2, 0.25) is 0 Å². The van der Waals surface area contributed by atoms with Crippen LogP contribution in [0.1, 0.15) is 23.1 Å². The lowest BCUT2D eigenvalue weighted by molar-refractivity contribution is 0.240. The van der Waals surface area contributed by atoms with Gasteiger partial charge in [0, 0.05) is 13.1 Å². The highest BCUT2D eigenvalue weighted by atomic mass is 16.5. The third-order valence-corrected chi connectivity index (χ3v) is 3.97. The smallest absolute Gasteiger partial charge is 0.315 e. The zero-order chi connectivity index (χ0) is 15.9. The van der Waals surface area contributed by atoms with E-state index in [2.05, 4.69) is 22.8 Å². The van der Waals surface area contributed by atoms with Crippen molar-refractivity contribution in [2.45, 2.75) is 25.8 Å². The molecule has 2 N–H and O–H groups in total. The highest BCUT2D eigenvalue weighted by molar-refractivity contribution is 5.73.